The second kappa shape index (κ2) is 8.92. The van der Waals surface area contributed by atoms with E-state index in [-0.39, 0.29) is 36.3 Å². The molecule has 0 bridgehead atoms. The lowest BCUT2D eigenvalue weighted by molar-refractivity contribution is -0.136. The molecule has 6 nitrogen and oxygen atoms in total. The summed E-state index contributed by atoms with van der Waals surface area (Å²) in [5.74, 6) is -0.501. The maximum absolute atomic E-state index is 13.1. The number of benzene rings is 2. The summed E-state index contributed by atoms with van der Waals surface area (Å²) in [5.41, 5.74) is 2.37. The second-order valence-corrected chi connectivity index (χ2v) is 8.42. The summed E-state index contributed by atoms with van der Waals surface area (Å²) in [4.78, 5) is 42.5. The van der Waals surface area contributed by atoms with Crippen LogP contribution in [-0.2, 0) is 16.1 Å². The van der Waals surface area contributed by atoms with Gasteiger partial charge in [0, 0.05) is 24.2 Å². The van der Waals surface area contributed by atoms with Crippen molar-refractivity contribution in [3.05, 3.63) is 71.3 Å². The van der Waals surface area contributed by atoms with Crippen molar-refractivity contribution in [3.63, 3.8) is 0 Å². The summed E-state index contributed by atoms with van der Waals surface area (Å²) in [6, 6.07) is 16.6. The van der Waals surface area contributed by atoms with Gasteiger partial charge in [0.1, 0.15) is 6.04 Å². The molecule has 3 amide bonds. The van der Waals surface area contributed by atoms with E-state index < -0.39 is 6.04 Å². The Morgan fingerprint density at radius 1 is 1.10 bits per heavy atom. The van der Waals surface area contributed by atoms with Crippen molar-refractivity contribution in [2.75, 3.05) is 6.54 Å². The van der Waals surface area contributed by atoms with Crippen molar-refractivity contribution in [2.45, 2.75) is 57.8 Å². The quantitative estimate of drug-likeness (QED) is 0.714. The maximum atomic E-state index is 13.1. The predicted molar refractivity (Wildman–Crippen MR) is 118 cm³/mol. The molecule has 31 heavy (non-hydrogen) atoms. The molecule has 2 atom stereocenters. The van der Waals surface area contributed by atoms with Gasteiger partial charge in [-0.05, 0) is 43.4 Å². The monoisotopic (exact) mass is 419 g/mol. The molecule has 2 aromatic carbocycles. The highest BCUT2D eigenvalue weighted by atomic mass is 16.2. The number of carbonyl (C=O) groups is 3. The molecule has 1 heterocycles. The minimum atomic E-state index is -0.657. The molecule has 1 saturated carbocycles. The first-order valence-corrected chi connectivity index (χ1v) is 11.0. The number of carbonyl (C=O) groups excluding carboxylic acids is 3. The summed E-state index contributed by atoms with van der Waals surface area (Å²) < 4.78 is 0. The zero-order valence-corrected chi connectivity index (χ0v) is 18.1. The lowest BCUT2D eigenvalue weighted by atomic mass is 10.0. The standard InChI is InChI=1S/C25H29N3O3/c1-3-17(2)27(16-18-9-5-4-6-10-18)22(29)15-26-24(30)23-20-11-7-8-12-21(20)25(31)28(23)19-13-14-19/h4-12,17,19,23H,3,13-16H2,1-2H3,(H,26,30). The molecule has 2 aliphatic rings. The fraction of sp³-hybridized carbons (Fsp3) is 0.400. The molecular weight excluding hydrogens is 390 g/mol. The lowest BCUT2D eigenvalue weighted by Gasteiger charge is -2.30. The number of hydrogen-bond acceptors (Lipinski definition) is 3. The molecule has 0 aromatic heterocycles. The third-order valence-corrected chi connectivity index (χ3v) is 6.24. The normalized spacial score (nSPS) is 18.5. The Bertz CT molecular complexity index is 971. The van der Waals surface area contributed by atoms with Crippen molar-refractivity contribution in [1.29, 1.82) is 0 Å². The fourth-order valence-electron chi connectivity index (χ4n) is 4.18. The van der Waals surface area contributed by atoms with E-state index in [4.69, 9.17) is 0 Å². The van der Waals surface area contributed by atoms with E-state index in [0.29, 0.717) is 12.1 Å². The van der Waals surface area contributed by atoms with E-state index in [2.05, 4.69) is 5.32 Å². The Hall–Kier alpha value is -3.15. The van der Waals surface area contributed by atoms with Crippen LogP contribution in [0.5, 0.6) is 0 Å². The number of nitrogens with zero attached hydrogens (tertiary/aromatic N) is 2. The molecule has 0 saturated heterocycles. The number of rotatable bonds is 8. The van der Waals surface area contributed by atoms with Crippen molar-refractivity contribution in [1.82, 2.24) is 15.1 Å². The molecule has 1 aliphatic heterocycles. The molecule has 0 spiro atoms. The second-order valence-electron chi connectivity index (χ2n) is 8.42. The molecule has 2 unspecified atom stereocenters. The van der Waals surface area contributed by atoms with Crippen LogP contribution >= 0.6 is 0 Å². The summed E-state index contributed by atoms with van der Waals surface area (Å²) in [7, 11) is 0. The number of fused-ring (bicyclic) bond motifs is 1. The first-order chi connectivity index (χ1) is 15.0. The zero-order valence-electron chi connectivity index (χ0n) is 18.1. The summed E-state index contributed by atoms with van der Waals surface area (Å²) in [6.45, 7) is 4.48. The Kier molecular flexibility index (Phi) is 6.07. The van der Waals surface area contributed by atoms with Crippen LogP contribution in [0.3, 0.4) is 0 Å². The van der Waals surface area contributed by atoms with E-state index in [1.807, 2.05) is 67.3 Å². The van der Waals surface area contributed by atoms with Gasteiger partial charge in [-0.15, -0.1) is 0 Å². The fourth-order valence-corrected chi connectivity index (χ4v) is 4.18. The first kappa shape index (κ1) is 21.1. The molecule has 162 valence electrons. The van der Waals surface area contributed by atoms with Gasteiger partial charge < -0.3 is 15.1 Å². The molecular formula is C25H29N3O3. The molecule has 6 heteroatoms. The van der Waals surface area contributed by atoms with E-state index in [0.717, 1.165) is 30.4 Å². The number of nitrogens with one attached hydrogen (secondary N) is 1. The van der Waals surface area contributed by atoms with Crippen molar-refractivity contribution < 1.29 is 14.4 Å². The van der Waals surface area contributed by atoms with Crippen molar-refractivity contribution in [3.8, 4) is 0 Å². The van der Waals surface area contributed by atoms with Gasteiger partial charge in [-0.3, -0.25) is 14.4 Å². The van der Waals surface area contributed by atoms with Crippen LogP contribution in [0.4, 0.5) is 0 Å². The SMILES string of the molecule is CCC(C)N(Cc1ccccc1)C(=O)CNC(=O)C1c2ccccc2C(=O)N1C1CC1. The van der Waals surface area contributed by atoms with Gasteiger partial charge in [0.2, 0.25) is 11.8 Å². The third-order valence-electron chi connectivity index (χ3n) is 6.24. The van der Waals surface area contributed by atoms with Crippen LogP contribution in [0, 0.1) is 0 Å². The molecule has 1 N–H and O–H groups in total. The molecule has 1 fully saturated rings. The average Bonchev–Trinajstić information content (AvgIpc) is 3.59. The minimum Gasteiger partial charge on any atom is -0.345 e. The van der Waals surface area contributed by atoms with E-state index in [1.165, 1.54) is 0 Å². The smallest absolute Gasteiger partial charge is 0.255 e. The van der Waals surface area contributed by atoms with Crippen LogP contribution in [0.1, 0.15) is 60.6 Å². The first-order valence-electron chi connectivity index (χ1n) is 11.0. The maximum Gasteiger partial charge on any atom is 0.255 e. The van der Waals surface area contributed by atoms with Crippen molar-refractivity contribution in [2.24, 2.45) is 0 Å². The Morgan fingerprint density at radius 3 is 2.45 bits per heavy atom. The topological polar surface area (TPSA) is 69.7 Å². The Morgan fingerprint density at radius 2 is 1.77 bits per heavy atom. The van der Waals surface area contributed by atoms with Gasteiger partial charge in [-0.1, -0.05) is 55.5 Å². The van der Waals surface area contributed by atoms with Gasteiger partial charge in [0.25, 0.3) is 5.91 Å². The van der Waals surface area contributed by atoms with Crippen LogP contribution < -0.4 is 5.32 Å². The van der Waals surface area contributed by atoms with Gasteiger partial charge in [-0.25, -0.2) is 0 Å². The summed E-state index contributed by atoms with van der Waals surface area (Å²) >= 11 is 0. The van der Waals surface area contributed by atoms with Gasteiger partial charge in [-0.2, -0.15) is 0 Å². The largest absolute Gasteiger partial charge is 0.345 e. The van der Waals surface area contributed by atoms with Gasteiger partial charge in [0.15, 0.2) is 0 Å². The highest BCUT2D eigenvalue weighted by molar-refractivity contribution is 6.05. The average molecular weight is 420 g/mol. The zero-order chi connectivity index (χ0) is 22.0. The lowest BCUT2D eigenvalue weighted by Crippen LogP contribution is -2.46. The predicted octanol–water partition coefficient (Wildman–Crippen LogP) is 3.29. The minimum absolute atomic E-state index is 0.0568. The van der Waals surface area contributed by atoms with Crippen LogP contribution in [0.2, 0.25) is 0 Å². The summed E-state index contributed by atoms with van der Waals surface area (Å²) in [6.07, 6.45) is 2.66. The van der Waals surface area contributed by atoms with Crippen LogP contribution in [0.25, 0.3) is 0 Å². The Balaban J connectivity index is 1.46. The number of amides is 3. The Labute approximate surface area is 183 Å². The van der Waals surface area contributed by atoms with E-state index in [9.17, 15) is 14.4 Å². The molecule has 4 rings (SSSR count). The summed E-state index contributed by atoms with van der Waals surface area (Å²) in [5, 5.41) is 2.82. The third kappa shape index (κ3) is 4.33. The van der Waals surface area contributed by atoms with Gasteiger partial charge >= 0.3 is 0 Å². The van der Waals surface area contributed by atoms with E-state index in [1.54, 1.807) is 11.0 Å². The molecule has 2 aromatic rings. The highest BCUT2D eigenvalue weighted by Gasteiger charge is 2.47. The van der Waals surface area contributed by atoms with E-state index >= 15 is 0 Å². The molecule has 1 aliphatic carbocycles. The van der Waals surface area contributed by atoms with Crippen molar-refractivity contribution >= 4 is 17.7 Å². The highest BCUT2D eigenvalue weighted by Crippen LogP contribution is 2.41. The van der Waals surface area contributed by atoms with Crippen LogP contribution in [0.15, 0.2) is 54.6 Å². The van der Waals surface area contributed by atoms with Crippen LogP contribution in [-0.4, -0.2) is 46.1 Å². The molecule has 0 radical (unpaired) electrons. The number of hydrogen-bond donors (Lipinski definition) is 1. The van der Waals surface area contributed by atoms with Gasteiger partial charge in [0.05, 0.1) is 6.54 Å².